The van der Waals surface area contributed by atoms with Gasteiger partial charge < -0.3 is 14.9 Å². The maximum atomic E-state index is 12.2. The Hall–Kier alpha value is -0.880. The van der Waals surface area contributed by atoms with Gasteiger partial charge in [0.2, 0.25) is 0 Å². The fraction of sp³-hybridized carbons (Fsp3) is 0.333. The van der Waals surface area contributed by atoms with E-state index in [1.807, 2.05) is 0 Å². The van der Waals surface area contributed by atoms with Crippen LogP contribution in [0.1, 0.15) is 11.7 Å². The lowest BCUT2D eigenvalue weighted by molar-refractivity contribution is -0.00630. The predicted octanol–water partition coefficient (Wildman–Crippen LogP) is 2.46. The Labute approximate surface area is 93.4 Å². The Morgan fingerprint density at radius 1 is 1.40 bits per heavy atom. The highest BCUT2D eigenvalue weighted by atomic mass is 79.9. The lowest BCUT2D eigenvalue weighted by Crippen LogP contribution is -2.08. The van der Waals surface area contributed by atoms with Crippen LogP contribution in [0.5, 0.6) is 11.5 Å². The molecule has 1 aromatic carbocycles. The van der Waals surface area contributed by atoms with Crippen molar-refractivity contribution in [2.24, 2.45) is 0 Å². The zero-order valence-corrected chi connectivity index (χ0v) is 9.33. The smallest absolute Gasteiger partial charge is 0.268 e. The maximum Gasteiger partial charge on any atom is 0.268 e. The topological polar surface area (TPSA) is 49.7 Å². The second-order valence-corrected chi connectivity index (χ2v) is 3.68. The zero-order chi connectivity index (χ0) is 11.6. The second kappa shape index (κ2) is 4.76. The highest BCUT2D eigenvalue weighted by molar-refractivity contribution is 9.10. The van der Waals surface area contributed by atoms with Gasteiger partial charge in [0.05, 0.1) is 7.11 Å². The van der Waals surface area contributed by atoms with Gasteiger partial charge in [0, 0.05) is 10.0 Å². The molecule has 6 heteroatoms. The van der Waals surface area contributed by atoms with Crippen LogP contribution in [0.15, 0.2) is 16.6 Å². The Morgan fingerprint density at radius 2 is 2.00 bits per heavy atom. The van der Waals surface area contributed by atoms with Crippen LogP contribution in [0.3, 0.4) is 0 Å². The Balaban J connectivity index is 3.15. The highest BCUT2D eigenvalue weighted by Gasteiger charge is 2.23. The number of methoxy groups -OCH3 is 1. The van der Waals surface area contributed by atoms with Gasteiger partial charge in [-0.25, -0.2) is 8.78 Å². The van der Waals surface area contributed by atoms with Crippen molar-refractivity contribution in [2.75, 3.05) is 7.11 Å². The molecule has 0 heterocycles. The van der Waals surface area contributed by atoms with E-state index in [2.05, 4.69) is 15.9 Å². The molecule has 0 spiro atoms. The summed E-state index contributed by atoms with van der Waals surface area (Å²) in [6.07, 6.45) is -4.84. The minimum Gasteiger partial charge on any atom is -0.504 e. The summed E-state index contributed by atoms with van der Waals surface area (Å²) in [6, 6.07) is 2.36. The van der Waals surface area contributed by atoms with Crippen LogP contribution < -0.4 is 4.74 Å². The SMILES string of the molecule is COc1cc(Br)c(C(O)C(F)F)cc1O. The number of benzene rings is 1. The van der Waals surface area contributed by atoms with Crippen LogP contribution in [0.2, 0.25) is 0 Å². The molecule has 0 aliphatic rings. The Morgan fingerprint density at radius 3 is 2.47 bits per heavy atom. The molecule has 0 bridgehead atoms. The Bertz CT molecular complexity index is 357. The number of rotatable bonds is 3. The number of phenols is 1. The van der Waals surface area contributed by atoms with Gasteiger partial charge in [0.1, 0.15) is 6.10 Å². The summed E-state index contributed by atoms with van der Waals surface area (Å²) in [4.78, 5) is 0. The average Bonchev–Trinajstić information content (AvgIpc) is 2.19. The first-order valence-electron chi connectivity index (χ1n) is 4.00. The molecular formula is C9H9BrF2O3. The van der Waals surface area contributed by atoms with Gasteiger partial charge in [-0.3, -0.25) is 0 Å². The van der Waals surface area contributed by atoms with Crippen molar-refractivity contribution in [1.29, 1.82) is 0 Å². The van der Waals surface area contributed by atoms with E-state index in [1.54, 1.807) is 0 Å². The molecule has 0 aromatic heterocycles. The Kier molecular flexibility index (Phi) is 3.87. The van der Waals surface area contributed by atoms with Crippen molar-refractivity contribution in [3.05, 3.63) is 22.2 Å². The van der Waals surface area contributed by atoms with Crippen molar-refractivity contribution in [3.8, 4) is 11.5 Å². The molecule has 0 aliphatic heterocycles. The van der Waals surface area contributed by atoms with Crippen LogP contribution >= 0.6 is 15.9 Å². The van der Waals surface area contributed by atoms with Crippen LogP contribution in [0, 0.1) is 0 Å². The molecule has 15 heavy (non-hydrogen) atoms. The minimum atomic E-state index is -2.91. The summed E-state index contributed by atoms with van der Waals surface area (Å²) in [6.45, 7) is 0. The maximum absolute atomic E-state index is 12.2. The molecule has 2 N–H and O–H groups in total. The summed E-state index contributed by atoms with van der Waals surface area (Å²) in [5, 5.41) is 18.5. The van der Waals surface area contributed by atoms with E-state index in [4.69, 9.17) is 9.84 Å². The molecule has 0 aliphatic carbocycles. The van der Waals surface area contributed by atoms with Crippen LogP contribution in [0.25, 0.3) is 0 Å². The van der Waals surface area contributed by atoms with Gasteiger partial charge in [0.15, 0.2) is 11.5 Å². The van der Waals surface area contributed by atoms with Gasteiger partial charge >= 0.3 is 0 Å². The number of alkyl halides is 2. The van der Waals surface area contributed by atoms with Crippen molar-refractivity contribution < 1.29 is 23.7 Å². The van der Waals surface area contributed by atoms with Crippen LogP contribution in [-0.2, 0) is 0 Å². The third-order valence-corrected chi connectivity index (χ3v) is 2.54. The van der Waals surface area contributed by atoms with Crippen molar-refractivity contribution in [2.45, 2.75) is 12.5 Å². The van der Waals surface area contributed by atoms with Crippen LogP contribution in [0.4, 0.5) is 8.78 Å². The number of halogens is 3. The fourth-order valence-electron chi connectivity index (χ4n) is 1.09. The largest absolute Gasteiger partial charge is 0.504 e. The van der Waals surface area contributed by atoms with Gasteiger partial charge in [-0.2, -0.15) is 0 Å². The van der Waals surface area contributed by atoms with Crippen molar-refractivity contribution >= 4 is 15.9 Å². The van der Waals surface area contributed by atoms with E-state index in [1.165, 1.54) is 13.2 Å². The molecule has 0 saturated carbocycles. The number of aromatic hydroxyl groups is 1. The first-order valence-corrected chi connectivity index (χ1v) is 4.79. The summed E-state index contributed by atoms with van der Waals surface area (Å²) < 4.78 is 29.5. The molecule has 1 rings (SSSR count). The van der Waals surface area contributed by atoms with Gasteiger partial charge in [-0.1, -0.05) is 15.9 Å². The summed E-state index contributed by atoms with van der Waals surface area (Å²) in [5.41, 5.74) is -0.0803. The fourth-order valence-corrected chi connectivity index (χ4v) is 1.64. The number of ether oxygens (including phenoxy) is 1. The predicted molar refractivity (Wildman–Crippen MR) is 53.3 cm³/mol. The third-order valence-electron chi connectivity index (χ3n) is 1.86. The van der Waals surface area contributed by atoms with Gasteiger partial charge in [-0.15, -0.1) is 0 Å². The van der Waals surface area contributed by atoms with E-state index in [9.17, 15) is 13.9 Å². The number of hydrogen-bond acceptors (Lipinski definition) is 3. The zero-order valence-electron chi connectivity index (χ0n) is 7.75. The molecule has 1 unspecified atom stereocenters. The van der Waals surface area contributed by atoms with E-state index < -0.39 is 12.5 Å². The van der Waals surface area contributed by atoms with E-state index in [0.717, 1.165) is 6.07 Å². The molecule has 0 amide bonds. The summed E-state index contributed by atoms with van der Waals surface area (Å²) in [7, 11) is 1.34. The monoisotopic (exact) mass is 282 g/mol. The molecule has 1 atom stereocenters. The standard InChI is InChI=1S/C9H9BrF2O3/c1-15-7-3-5(10)4(2-6(7)13)8(14)9(11)12/h2-3,8-9,13-14H,1H3. The summed E-state index contributed by atoms with van der Waals surface area (Å²) in [5.74, 6) is -0.150. The average molecular weight is 283 g/mol. The molecule has 1 aromatic rings. The van der Waals surface area contributed by atoms with E-state index in [-0.39, 0.29) is 21.5 Å². The first kappa shape index (κ1) is 12.2. The second-order valence-electron chi connectivity index (χ2n) is 2.82. The molecule has 0 radical (unpaired) electrons. The minimum absolute atomic E-state index is 0.0803. The molecule has 0 saturated heterocycles. The molecular weight excluding hydrogens is 274 g/mol. The number of phenolic OH excluding ortho intramolecular Hbond substituents is 1. The van der Waals surface area contributed by atoms with Crippen molar-refractivity contribution in [3.63, 3.8) is 0 Å². The molecule has 84 valence electrons. The number of hydrogen-bond donors (Lipinski definition) is 2. The number of aliphatic hydroxyl groups is 1. The number of aliphatic hydroxyl groups excluding tert-OH is 1. The van der Waals surface area contributed by atoms with E-state index >= 15 is 0 Å². The summed E-state index contributed by atoms with van der Waals surface area (Å²) >= 11 is 3.01. The van der Waals surface area contributed by atoms with Gasteiger partial charge in [0.25, 0.3) is 6.43 Å². The molecule has 3 nitrogen and oxygen atoms in total. The lowest BCUT2D eigenvalue weighted by Gasteiger charge is -2.13. The van der Waals surface area contributed by atoms with Crippen LogP contribution in [-0.4, -0.2) is 23.7 Å². The van der Waals surface area contributed by atoms with Crippen molar-refractivity contribution in [1.82, 2.24) is 0 Å². The first-order chi connectivity index (χ1) is 6.97. The van der Waals surface area contributed by atoms with E-state index in [0.29, 0.717) is 0 Å². The highest BCUT2D eigenvalue weighted by Crippen LogP contribution is 2.36. The quantitative estimate of drug-likeness (QED) is 0.895. The third kappa shape index (κ3) is 2.57. The lowest BCUT2D eigenvalue weighted by atomic mass is 10.1. The normalized spacial score (nSPS) is 12.9. The molecule has 0 fully saturated rings. The van der Waals surface area contributed by atoms with Gasteiger partial charge in [-0.05, 0) is 12.1 Å².